The van der Waals surface area contributed by atoms with Gasteiger partial charge in [0, 0.05) is 7.05 Å². The fourth-order valence-corrected chi connectivity index (χ4v) is 1.48. The maximum atomic E-state index is 5.83. The number of nitrogens with zero attached hydrogens (tertiary/aromatic N) is 2. The maximum Gasteiger partial charge on any atom is 0.127 e. The number of aryl methyl sites for hydroxylation is 2. The van der Waals surface area contributed by atoms with Gasteiger partial charge in [-0.15, -0.1) is 0 Å². The van der Waals surface area contributed by atoms with Crippen LogP contribution in [0.4, 0.5) is 5.82 Å². The molecule has 0 amide bonds. The molecular weight excluding hydrogens is 202 g/mol. The number of nitrogen functional groups attached to an aromatic ring is 1. The van der Waals surface area contributed by atoms with E-state index >= 15 is 0 Å². The van der Waals surface area contributed by atoms with Crippen molar-refractivity contribution >= 4 is 5.82 Å². The van der Waals surface area contributed by atoms with E-state index < -0.39 is 0 Å². The summed E-state index contributed by atoms with van der Waals surface area (Å²) in [6, 6.07) is 7.90. The van der Waals surface area contributed by atoms with Crippen molar-refractivity contribution in [2.24, 2.45) is 7.05 Å². The van der Waals surface area contributed by atoms with Crippen molar-refractivity contribution in [1.82, 2.24) is 9.78 Å². The third-order valence-corrected chi connectivity index (χ3v) is 2.54. The lowest BCUT2D eigenvalue weighted by Gasteiger charge is -2.08. The number of aromatic nitrogens is 2. The number of anilines is 1. The molecule has 0 aliphatic rings. The molecule has 0 spiro atoms. The maximum absolute atomic E-state index is 5.83. The lowest BCUT2D eigenvalue weighted by atomic mass is 10.2. The molecule has 4 nitrogen and oxygen atoms in total. The van der Waals surface area contributed by atoms with Crippen molar-refractivity contribution in [3.63, 3.8) is 0 Å². The summed E-state index contributed by atoms with van der Waals surface area (Å²) in [5.41, 5.74) is 7.85. The number of ether oxygens (including phenoxy) is 1. The predicted octanol–water partition coefficient (Wildman–Crippen LogP) is 1.89. The van der Waals surface area contributed by atoms with E-state index in [2.05, 4.69) is 5.10 Å². The highest BCUT2D eigenvalue weighted by molar-refractivity contribution is 5.38. The van der Waals surface area contributed by atoms with E-state index in [1.165, 1.54) is 0 Å². The van der Waals surface area contributed by atoms with Gasteiger partial charge in [-0.1, -0.05) is 18.2 Å². The first kappa shape index (κ1) is 10.5. The van der Waals surface area contributed by atoms with E-state index in [4.69, 9.17) is 10.5 Å². The second kappa shape index (κ2) is 4.26. The molecule has 0 bridgehead atoms. The molecule has 0 radical (unpaired) electrons. The molecule has 1 aromatic heterocycles. The van der Waals surface area contributed by atoms with Crippen LogP contribution in [0.5, 0.6) is 5.75 Å². The van der Waals surface area contributed by atoms with Gasteiger partial charge in [0.05, 0.1) is 11.8 Å². The van der Waals surface area contributed by atoms with Crippen molar-refractivity contribution in [2.45, 2.75) is 13.5 Å². The lowest BCUT2D eigenvalue weighted by Crippen LogP contribution is -2.02. The van der Waals surface area contributed by atoms with Crippen LogP contribution in [0, 0.1) is 6.92 Å². The van der Waals surface area contributed by atoms with Crippen LogP contribution >= 0.6 is 0 Å². The second-order valence-corrected chi connectivity index (χ2v) is 3.73. The van der Waals surface area contributed by atoms with Crippen LogP contribution in [-0.4, -0.2) is 9.78 Å². The average Bonchev–Trinajstić information content (AvgIpc) is 2.59. The number of rotatable bonds is 3. The summed E-state index contributed by atoms with van der Waals surface area (Å²) in [5, 5.41) is 4.06. The predicted molar refractivity (Wildman–Crippen MR) is 63.1 cm³/mol. The lowest BCUT2D eigenvalue weighted by molar-refractivity contribution is 0.305. The van der Waals surface area contributed by atoms with Gasteiger partial charge in [-0.25, -0.2) is 0 Å². The first-order chi connectivity index (χ1) is 7.68. The summed E-state index contributed by atoms with van der Waals surface area (Å²) in [6.07, 6.45) is 1.73. The van der Waals surface area contributed by atoms with E-state index in [9.17, 15) is 0 Å². The van der Waals surface area contributed by atoms with Crippen LogP contribution in [0.25, 0.3) is 0 Å². The number of para-hydroxylation sites is 1. The fourth-order valence-electron chi connectivity index (χ4n) is 1.48. The summed E-state index contributed by atoms with van der Waals surface area (Å²) >= 11 is 0. The third-order valence-electron chi connectivity index (χ3n) is 2.54. The van der Waals surface area contributed by atoms with E-state index in [-0.39, 0.29) is 0 Å². The molecule has 0 aliphatic carbocycles. The van der Waals surface area contributed by atoms with Gasteiger partial charge in [-0.05, 0) is 18.6 Å². The van der Waals surface area contributed by atoms with Crippen LogP contribution in [0.15, 0.2) is 30.5 Å². The molecule has 84 valence electrons. The first-order valence-electron chi connectivity index (χ1n) is 5.13. The van der Waals surface area contributed by atoms with Crippen molar-refractivity contribution in [3.05, 3.63) is 41.6 Å². The number of hydrogen-bond donors (Lipinski definition) is 1. The van der Waals surface area contributed by atoms with Gasteiger partial charge in [-0.3, -0.25) is 4.68 Å². The summed E-state index contributed by atoms with van der Waals surface area (Å²) in [7, 11) is 1.81. The monoisotopic (exact) mass is 217 g/mol. The van der Waals surface area contributed by atoms with Gasteiger partial charge in [-0.2, -0.15) is 5.10 Å². The molecule has 2 N–H and O–H groups in total. The SMILES string of the molecule is Cc1ccccc1OCc1cnn(C)c1N. The topological polar surface area (TPSA) is 53.1 Å². The normalized spacial score (nSPS) is 10.4. The molecule has 2 rings (SSSR count). The van der Waals surface area contributed by atoms with Gasteiger partial charge >= 0.3 is 0 Å². The zero-order valence-electron chi connectivity index (χ0n) is 9.47. The summed E-state index contributed by atoms with van der Waals surface area (Å²) < 4.78 is 7.32. The smallest absolute Gasteiger partial charge is 0.127 e. The molecular formula is C12H15N3O. The van der Waals surface area contributed by atoms with Crippen LogP contribution in [-0.2, 0) is 13.7 Å². The second-order valence-electron chi connectivity index (χ2n) is 3.73. The molecule has 1 aromatic carbocycles. The molecule has 0 atom stereocenters. The highest BCUT2D eigenvalue weighted by atomic mass is 16.5. The van der Waals surface area contributed by atoms with Crippen LogP contribution in [0.3, 0.4) is 0 Å². The van der Waals surface area contributed by atoms with Crippen LogP contribution < -0.4 is 10.5 Å². The third kappa shape index (κ3) is 2.00. The number of nitrogens with two attached hydrogens (primary N) is 1. The van der Waals surface area contributed by atoms with Crippen molar-refractivity contribution in [1.29, 1.82) is 0 Å². The highest BCUT2D eigenvalue weighted by Gasteiger charge is 2.05. The fraction of sp³-hybridized carbons (Fsp3) is 0.250. The number of hydrogen-bond acceptors (Lipinski definition) is 3. The Morgan fingerprint density at radius 1 is 1.38 bits per heavy atom. The summed E-state index contributed by atoms with van der Waals surface area (Å²) in [4.78, 5) is 0. The van der Waals surface area contributed by atoms with E-state index in [1.54, 1.807) is 10.9 Å². The largest absolute Gasteiger partial charge is 0.488 e. The van der Waals surface area contributed by atoms with E-state index in [0.717, 1.165) is 16.9 Å². The minimum atomic E-state index is 0.449. The Balaban J connectivity index is 2.08. The molecule has 0 unspecified atom stereocenters. The molecule has 0 fully saturated rings. The van der Waals surface area contributed by atoms with Crippen molar-refractivity contribution in [3.8, 4) is 5.75 Å². The zero-order valence-corrected chi connectivity index (χ0v) is 9.47. The molecule has 16 heavy (non-hydrogen) atoms. The molecule has 4 heteroatoms. The average molecular weight is 217 g/mol. The van der Waals surface area contributed by atoms with Gasteiger partial charge in [0.2, 0.25) is 0 Å². The quantitative estimate of drug-likeness (QED) is 0.854. The van der Waals surface area contributed by atoms with E-state index in [1.807, 2.05) is 38.2 Å². The zero-order chi connectivity index (χ0) is 11.5. The Kier molecular flexibility index (Phi) is 2.81. The Morgan fingerprint density at radius 2 is 2.12 bits per heavy atom. The van der Waals surface area contributed by atoms with Crippen LogP contribution in [0.2, 0.25) is 0 Å². The standard InChI is InChI=1S/C12H15N3O/c1-9-5-3-4-6-11(9)16-8-10-7-14-15(2)12(10)13/h3-7H,8,13H2,1-2H3. The van der Waals surface area contributed by atoms with Crippen molar-refractivity contribution in [2.75, 3.05) is 5.73 Å². The van der Waals surface area contributed by atoms with Crippen LogP contribution in [0.1, 0.15) is 11.1 Å². The molecule has 1 heterocycles. The number of benzene rings is 1. The minimum Gasteiger partial charge on any atom is -0.488 e. The minimum absolute atomic E-state index is 0.449. The Labute approximate surface area is 94.6 Å². The van der Waals surface area contributed by atoms with Gasteiger partial charge < -0.3 is 10.5 Å². The van der Waals surface area contributed by atoms with Gasteiger partial charge in [0.15, 0.2) is 0 Å². The molecule has 0 aliphatic heterocycles. The first-order valence-corrected chi connectivity index (χ1v) is 5.13. The molecule has 0 saturated heterocycles. The van der Waals surface area contributed by atoms with Crippen molar-refractivity contribution < 1.29 is 4.74 Å². The Hall–Kier alpha value is -1.97. The highest BCUT2D eigenvalue weighted by Crippen LogP contribution is 2.19. The van der Waals surface area contributed by atoms with Gasteiger partial charge in [0.1, 0.15) is 18.2 Å². The summed E-state index contributed by atoms with van der Waals surface area (Å²) in [6.45, 7) is 2.46. The Morgan fingerprint density at radius 3 is 2.75 bits per heavy atom. The molecule has 0 saturated carbocycles. The summed E-state index contributed by atoms with van der Waals surface area (Å²) in [5.74, 6) is 1.53. The Bertz CT molecular complexity index is 491. The van der Waals surface area contributed by atoms with E-state index in [0.29, 0.717) is 12.4 Å². The van der Waals surface area contributed by atoms with Gasteiger partial charge in [0.25, 0.3) is 0 Å². The molecule has 2 aromatic rings.